The van der Waals surface area contributed by atoms with Gasteiger partial charge >= 0.3 is 0 Å². The quantitative estimate of drug-likeness (QED) is 0.549. The molecule has 0 fully saturated rings. The summed E-state index contributed by atoms with van der Waals surface area (Å²) in [6.07, 6.45) is 1.69. The van der Waals surface area contributed by atoms with E-state index in [9.17, 15) is 0 Å². The first-order valence-electron chi connectivity index (χ1n) is 3.36. The number of aromatic nitrogens is 1. The van der Waals surface area contributed by atoms with Crippen molar-refractivity contribution in [3.63, 3.8) is 0 Å². The number of aryl methyl sites for hydroxylation is 1. The number of hydrogen-bond donors (Lipinski definition) is 1. The van der Waals surface area contributed by atoms with E-state index in [2.05, 4.69) is 16.8 Å². The highest BCUT2D eigenvalue weighted by Crippen LogP contribution is 1.99. The molecule has 11 heavy (non-hydrogen) atoms. The molecular weight excluding hydrogens is 138 g/mol. The number of hydrogen-bond acceptors (Lipinski definition) is 2. The molecule has 0 saturated carbocycles. The van der Waals surface area contributed by atoms with E-state index in [4.69, 9.17) is 5.11 Å². The Labute approximate surface area is 65.9 Å². The number of aliphatic hydroxyl groups is 1. The fourth-order valence-corrected chi connectivity index (χ4v) is 0.740. The molecular formula is C9H9NO. The Hall–Kier alpha value is -1.33. The second-order valence-electron chi connectivity index (χ2n) is 2.13. The highest BCUT2D eigenvalue weighted by molar-refractivity contribution is 5.34. The van der Waals surface area contributed by atoms with Crippen molar-refractivity contribution < 1.29 is 5.11 Å². The van der Waals surface area contributed by atoms with Crippen molar-refractivity contribution in [2.75, 3.05) is 6.61 Å². The van der Waals surface area contributed by atoms with Crippen LogP contribution in [0.3, 0.4) is 0 Å². The predicted octanol–water partition coefficient (Wildman–Crippen LogP) is 0.734. The third-order valence-electron chi connectivity index (χ3n) is 1.30. The molecule has 0 amide bonds. The number of aliphatic hydroxyl groups excluding tert-OH is 1. The summed E-state index contributed by atoms with van der Waals surface area (Å²) in [6, 6.07) is 3.80. The minimum Gasteiger partial charge on any atom is -0.384 e. The number of nitrogens with zero attached hydrogens (tertiary/aromatic N) is 1. The van der Waals surface area contributed by atoms with Crippen LogP contribution in [0.2, 0.25) is 0 Å². The highest BCUT2D eigenvalue weighted by Gasteiger charge is 1.90. The Morgan fingerprint density at radius 2 is 2.45 bits per heavy atom. The molecule has 2 heteroatoms. The summed E-state index contributed by atoms with van der Waals surface area (Å²) in [5, 5.41) is 8.42. The van der Waals surface area contributed by atoms with Gasteiger partial charge in [-0.2, -0.15) is 0 Å². The summed E-state index contributed by atoms with van der Waals surface area (Å²) in [6.45, 7) is 1.82. The standard InChI is InChI=1S/C9H9NO/c1-8-4-2-6-10-9(8)5-3-7-11/h2,4,6,11H,7H2,1H3. The topological polar surface area (TPSA) is 33.1 Å². The van der Waals surface area contributed by atoms with Gasteiger partial charge in [0.2, 0.25) is 0 Å². The Bertz CT molecular complexity index is 296. The SMILES string of the molecule is Cc1cccnc1C#CCO. The first-order chi connectivity index (χ1) is 5.34. The Kier molecular flexibility index (Phi) is 2.65. The van der Waals surface area contributed by atoms with Gasteiger partial charge in [0, 0.05) is 6.20 Å². The van der Waals surface area contributed by atoms with Crippen molar-refractivity contribution in [3.05, 3.63) is 29.6 Å². The smallest absolute Gasteiger partial charge is 0.116 e. The average Bonchev–Trinajstić information content (AvgIpc) is 2.03. The number of rotatable bonds is 0. The Morgan fingerprint density at radius 1 is 1.64 bits per heavy atom. The molecule has 0 atom stereocenters. The maximum absolute atomic E-state index is 8.42. The van der Waals surface area contributed by atoms with Crippen LogP contribution in [0.1, 0.15) is 11.3 Å². The van der Waals surface area contributed by atoms with Gasteiger partial charge in [-0.05, 0) is 24.5 Å². The van der Waals surface area contributed by atoms with Crippen LogP contribution in [0.15, 0.2) is 18.3 Å². The summed E-state index contributed by atoms with van der Waals surface area (Å²) < 4.78 is 0. The lowest BCUT2D eigenvalue weighted by atomic mass is 10.2. The van der Waals surface area contributed by atoms with Crippen molar-refractivity contribution in [2.45, 2.75) is 6.92 Å². The lowest BCUT2D eigenvalue weighted by Gasteiger charge is -1.92. The number of pyridine rings is 1. The second-order valence-corrected chi connectivity index (χ2v) is 2.13. The van der Waals surface area contributed by atoms with E-state index in [1.807, 2.05) is 19.1 Å². The zero-order valence-electron chi connectivity index (χ0n) is 6.33. The van der Waals surface area contributed by atoms with Gasteiger partial charge in [-0.15, -0.1) is 0 Å². The molecule has 1 heterocycles. The molecule has 0 aliphatic carbocycles. The molecule has 0 aromatic carbocycles. The van der Waals surface area contributed by atoms with Crippen molar-refractivity contribution in [1.29, 1.82) is 0 Å². The Balaban J connectivity index is 2.95. The second kappa shape index (κ2) is 3.75. The van der Waals surface area contributed by atoms with Gasteiger partial charge < -0.3 is 5.11 Å². The van der Waals surface area contributed by atoms with Gasteiger partial charge in [0.1, 0.15) is 12.3 Å². The summed E-state index contributed by atoms with van der Waals surface area (Å²) in [7, 11) is 0. The van der Waals surface area contributed by atoms with Gasteiger partial charge in [-0.3, -0.25) is 0 Å². The molecule has 0 spiro atoms. The van der Waals surface area contributed by atoms with E-state index in [0.717, 1.165) is 11.3 Å². The van der Waals surface area contributed by atoms with Crippen LogP contribution >= 0.6 is 0 Å². The fraction of sp³-hybridized carbons (Fsp3) is 0.222. The van der Waals surface area contributed by atoms with Crippen molar-refractivity contribution >= 4 is 0 Å². The summed E-state index contributed by atoms with van der Waals surface area (Å²) >= 11 is 0. The van der Waals surface area contributed by atoms with Crippen molar-refractivity contribution in [2.24, 2.45) is 0 Å². The zero-order chi connectivity index (χ0) is 8.10. The molecule has 1 aromatic rings. The van der Waals surface area contributed by atoms with E-state index < -0.39 is 0 Å². The maximum Gasteiger partial charge on any atom is 0.116 e. The minimum absolute atomic E-state index is 0.115. The van der Waals surface area contributed by atoms with Gasteiger partial charge in [0.05, 0.1) is 0 Å². The van der Waals surface area contributed by atoms with Crippen LogP contribution in [0.5, 0.6) is 0 Å². The molecule has 1 rings (SSSR count). The maximum atomic E-state index is 8.42. The van der Waals surface area contributed by atoms with E-state index in [1.54, 1.807) is 6.20 Å². The average molecular weight is 147 g/mol. The lowest BCUT2D eigenvalue weighted by Crippen LogP contribution is -1.86. The van der Waals surface area contributed by atoms with E-state index in [1.165, 1.54) is 0 Å². The van der Waals surface area contributed by atoms with Crippen LogP contribution in [-0.2, 0) is 0 Å². The van der Waals surface area contributed by atoms with Gasteiger partial charge in [0.15, 0.2) is 0 Å². The van der Waals surface area contributed by atoms with Crippen molar-refractivity contribution in [1.82, 2.24) is 4.98 Å². The molecule has 0 bridgehead atoms. The van der Waals surface area contributed by atoms with Crippen molar-refractivity contribution in [3.8, 4) is 11.8 Å². The van der Waals surface area contributed by atoms with Gasteiger partial charge in [0.25, 0.3) is 0 Å². The third-order valence-corrected chi connectivity index (χ3v) is 1.30. The molecule has 0 aliphatic rings. The van der Waals surface area contributed by atoms with Crippen LogP contribution in [0, 0.1) is 18.8 Å². The summed E-state index contributed by atoms with van der Waals surface area (Å²) in [5.74, 6) is 5.30. The minimum atomic E-state index is -0.115. The molecule has 1 aromatic heterocycles. The van der Waals surface area contributed by atoms with Crippen LogP contribution in [0.25, 0.3) is 0 Å². The zero-order valence-corrected chi connectivity index (χ0v) is 6.33. The van der Waals surface area contributed by atoms with Crippen LogP contribution < -0.4 is 0 Å². The summed E-state index contributed by atoms with van der Waals surface area (Å²) in [5.41, 5.74) is 1.77. The molecule has 0 aliphatic heterocycles. The highest BCUT2D eigenvalue weighted by atomic mass is 16.2. The first kappa shape index (κ1) is 7.77. The first-order valence-corrected chi connectivity index (χ1v) is 3.36. The molecule has 0 radical (unpaired) electrons. The predicted molar refractivity (Wildman–Crippen MR) is 42.9 cm³/mol. The fourth-order valence-electron chi connectivity index (χ4n) is 0.740. The van der Waals surface area contributed by atoms with E-state index >= 15 is 0 Å². The van der Waals surface area contributed by atoms with Crippen LogP contribution in [0.4, 0.5) is 0 Å². The molecule has 56 valence electrons. The monoisotopic (exact) mass is 147 g/mol. The molecule has 0 saturated heterocycles. The molecule has 1 N–H and O–H groups in total. The Morgan fingerprint density at radius 3 is 3.09 bits per heavy atom. The van der Waals surface area contributed by atoms with Gasteiger partial charge in [-0.1, -0.05) is 12.0 Å². The molecule has 0 unspecified atom stereocenters. The third kappa shape index (κ3) is 2.06. The van der Waals surface area contributed by atoms with E-state index in [-0.39, 0.29) is 6.61 Å². The van der Waals surface area contributed by atoms with E-state index in [0.29, 0.717) is 0 Å². The molecule has 2 nitrogen and oxygen atoms in total. The normalized spacial score (nSPS) is 8.55. The van der Waals surface area contributed by atoms with Gasteiger partial charge in [-0.25, -0.2) is 4.98 Å². The largest absolute Gasteiger partial charge is 0.384 e. The summed E-state index contributed by atoms with van der Waals surface area (Å²) in [4.78, 5) is 4.03. The lowest BCUT2D eigenvalue weighted by molar-refractivity contribution is 0.350. The van der Waals surface area contributed by atoms with Crippen LogP contribution in [-0.4, -0.2) is 16.7 Å².